The summed E-state index contributed by atoms with van der Waals surface area (Å²) in [5, 5.41) is 6.54. The largest absolute Gasteiger partial charge is 0.305 e. The van der Waals surface area contributed by atoms with Crippen LogP contribution in [-0.4, -0.2) is 18.0 Å². The summed E-state index contributed by atoms with van der Waals surface area (Å²) < 4.78 is 2.59. The molecule has 8 aromatic rings. The molecule has 9 rings (SSSR count). The van der Waals surface area contributed by atoms with Gasteiger partial charge in [-0.2, -0.15) is 11.3 Å². The Labute approximate surface area is 358 Å². The van der Waals surface area contributed by atoms with E-state index in [9.17, 15) is 0 Å². The second-order valence-corrected chi connectivity index (χ2v) is 23.5. The van der Waals surface area contributed by atoms with Crippen LogP contribution >= 0.6 is 11.3 Å². The van der Waals surface area contributed by atoms with Gasteiger partial charge < -0.3 is 9.97 Å². The zero-order valence-corrected chi connectivity index (χ0v) is 38.5. The molecular formula is C52H52IrN2SSi-2. The number of rotatable bonds is 7. The Bertz CT molecular complexity index is 2640. The van der Waals surface area contributed by atoms with E-state index in [2.05, 4.69) is 175 Å². The topological polar surface area (TPSA) is 25.8 Å². The second-order valence-electron chi connectivity index (χ2n) is 17.4. The number of nitrogens with zero attached hydrogens (tertiary/aromatic N) is 2. The number of hydrogen-bond acceptors (Lipinski definition) is 3. The minimum atomic E-state index is -1.39. The Kier molecular flexibility index (Phi) is 12.1. The second kappa shape index (κ2) is 16.9. The Hall–Kier alpha value is -4.25. The molecular weight excluding hydrogens is 905 g/mol. The van der Waals surface area contributed by atoms with Gasteiger partial charge in [0.1, 0.15) is 0 Å². The van der Waals surface area contributed by atoms with Crippen LogP contribution in [0.5, 0.6) is 0 Å². The quantitative estimate of drug-likeness (QED) is 0.117. The van der Waals surface area contributed by atoms with Gasteiger partial charge in [-0.1, -0.05) is 155 Å². The van der Waals surface area contributed by atoms with Crippen molar-refractivity contribution in [3.8, 4) is 33.6 Å². The molecule has 57 heavy (non-hydrogen) atoms. The van der Waals surface area contributed by atoms with E-state index in [0.29, 0.717) is 5.92 Å². The molecule has 0 N–H and O–H groups in total. The molecule has 2 nitrogen and oxygen atoms in total. The third kappa shape index (κ3) is 8.36. The van der Waals surface area contributed by atoms with Gasteiger partial charge in [0, 0.05) is 37.2 Å². The third-order valence-electron chi connectivity index (χ3n) is 12.0. The van der Waals surface area contributed by atoms with Crippen LogP contribution in [-0.2, 0) is 25.5 Å². The summed E-state index contributed by atoms with van der Waals surface area (Å²) in [7, 11) is -1.39. The van der Waals surface area contributed by atoms with Crippen LogP contribution in [0.4, 0.5) is 0 Å². The fourth-order valence-corrected chi connectivity index (χ4v) is 11.6. The molecule has 0 bridgehead atoms. The summed E-state index contributed by atoms with van der Waals surface area (Å²) in [6, 6.07) is 48.1. The van der Waals surface area contributed by atoms with Crippen molar-refractivity contribution >= 4 is 55.5 Å². The molecule has 1 radical (unpaired) electrons. The van der Waals surface area contributed by atoms with Crippen molar-refractivity contribution in [2.45, 2.75) is 84.4 Å². The maximum absolute atomic E-state index is 4.81. The van der Waals surface area contributed by atoms with E-state index in [0.717, 1.165) is 28.4 Å². The first-order valence-electron chi connectivity index (χ1n) is 20.3. The normalized spacial score (nSPS) is 13.5. The van der Waals surface area contributed by atoms with Gasteiger partial charge in [-0.25, -0.2) is 0 Å². The molecule has 1 saturated carbocycles. The molecule has 1 fully saturated rings. The van der Waals surface area contributed by atoms with E-state index in [1.54, 1.807) is 0 Å². The van der Waals surface area contributed by atoms with Crippen molar-refractivity contribution in [1.29, 1.82) is 0 Å². The van der Waals surface area contributed by atoms with Gasteiger partial charge in [-0.15, -0.1) is 52.9 Å². The summed E-state index contributed by atoms with van der Waals surface area (Å²) >= 11 is 1.86. The zero-order chi connectivity index (χ0) is 39.0. The molecule has 291 valence electrons. The summed E-state index contributed by atoms with van der Waals surface area (Å²) in [5.41, 5.74) is 9.84. The van der Waals surface area contributed by atoms with Crippen LogP contribution in [0.25, 0.3) is 64.6 Å². The fourth-order valence-electron chi connectivity index (χ4n) is 8.68. The maximum Gasteiger partial charge on any atom is 0.0799 e. The van der Waals surface area contributed by atoms with Gasteiger partial charge >= 0.3 is 0 Å². The number of pyridine rings is 2. The predicted octanol–water partition coefficient (Wildman–Crippen LogP) is 14.4. The summed E-state index contributed by atoms with van der Waals surface area (Å²) in [6.07, 6.45) is 9.53. The molecule has 1 aliphatic carbocycles. The molecule has 0 spiro atoms. The van der Waals surface area contributed by atoms with E-state index in [1.807, 2.05) is 23.6 Å². The van der Waals surface area contributed by atoms with Crippen LogP contribution in [0, 0.1) is 18.1 Å². The van der Waals surface area contributed by atoms with Crippen molar-refractivity contribution in [3.63, 3.8) is 0 Å². The van der Waals surface area contributed by atoms with E-state index in [4.69, 9.17) is 9.97 Å². The number of benzene rings is 5. The smallest absolute Gasteiger partial charge is 0.0799 e. The summed E-state index contributed by atoms with van der Waals surface area (Å²) in [5.74, 6) is 1.27. The molecule has 0 unspecified atom stereocenters. The predicted molar refractivity (Wildman–Crippen MR) is 245 cm³/mol. The van der Waals surface area contributed by atoms with Crippen LogP contribution in [0.1, 0.15) is 70.4 Å². The fraction of sp³-hybridized carbons (Fsp3) is 0.269. The molecule has 0 atom stereocenters. The zero-order valence-electron chi connectivity index (χ0n) is 34.2. The summed E-state index contributed by atoms with van der Waals surface area (Å²) in [4.78, 5) is 9.62. The van der Waals surface area contributed by atoms with Crippen LogP contribution < -0.4 is 5.19 Å². The Morgan fingerprint density at radius 1 is 0.702 bits per heavy atom. The Morgan fingerprint density at radius 2 is 1.40 bits per heavy atom. The van der Waals surface area contributed by atoms with Crippen molar-refractivity contribution in [1.82, 2.24) is 9.97 Å². The molecule has 5 aromatic carbocycles. The van der Waals surface area contributed by atoms with Gasteiger partial charge in [0.25, 0.3) is 0 Å². The molecule has 0 saturated heterocycles. The van der Waals surface area contributed by atoms with Gasteiger partial charge in [0.05, 0.1) is 8.07 Å². The molecule has 0 amide bonds. The first-order valence-corrected chi connectivity index (χ1v) is 24.6. The number of hydrogen-bond donors (Lipinski definition) is 0. The molecule has 0 aliphatic heterocycles. The van der Waals surface area contributed by atoms with E-state index in [1.165, 1.54) is 84.1 Å². The molecule has 5 heteroatoms. The standard InChI is InChI=1S/C31H28NS.C21H24NSi.Ir/c1-31(2,23-11-6-7-12-23)24-17-18-32-28(20-24)27-14-8-13-26-25-16-15-22(19-29(25)33-30(26)27)21-9-4-3-5-10-21;1-15(2)19-13-20(22-14-21(19)23(3,4)5)18-12-8-10-16-9-6-7-11-17(16)18;/h3-5,8-10,13,15-20,23H,6-7,11-12H2,1-2H3;6-11,13-15H,1-5H3;/q2*-1;. The van der Waals surface area contributed by atoms with Crippen molar-refractivity contribution in [2.24, 2.45) is 5.92 Å². The van der Waals surface area contributed by atoms with E-state index in [-0.39, 0.29) is 25.5 Å². The van der Waals surface area contributed by atoms with Gasteiger partial charge in [-0.3, -0.25) is 0 Å². The first kappa shape index (κ1) is 40.9. The minimum Gasteiger partial charge on any atom is -0.305 e. The minimum absolute atomic E-state index is 0. The van der Waals surface area contributed by atoms with Crippen molar-refractivity contribution in [2.75, 3.05) is 0 Å². The average Bonchev–Trinajstić information content (AvgIpc) is 3.90. The Morgan fingerprint density at radius 3 is 2.16 bits per heavy atom. The SMILES string of the molecule is CC(C)(c1ccnc(-c2[c-]ccc3c2sc2cc(-c4ccccc4)ccc23)c1)C1CCCC1.CC(C)c1cc(-c2[c-]ccc3ccccc23)ncc1[Si](C)(C)C.[Ir]. The maximum atomic E-state index is 4.81. The van der Waals surface area contributed by atoms with Crippen molar-refractivity contribution < 1.29 is 20.1 Å². The number of thiophene rings is 1. The van der Waals surface area contributed by atoms with Crippen molar-refractivity contribution in [3.05, 3.63) is 151 Å². The van der Waals surface area contributed by atoms with Crippen LogP contribution in [0.3, 0.4) is 0 Å². The van der Waals surface area contributed by atoms with Crippen LogP contribution in [0.15, 0.2) is 128 Å². The average molecular weight is 957 g/mol. The van der Waals surface area contributed by atoms with Crippen LogP contribution in [0.2, 0.25) is 19.6 Å². The summed E-state index contributed by atoms with van der Waals surface area (Å²) in [6.45, 7) is 16.5. The van der Waals surface area contributed by atoms with E-state index >= 15 is 0 Å². The molecule has 3 aromatic heterocycles. The van der Waals surface area contributed by atoms with Gasteiger partial charge in [0.2, 0.25) is 0 Å². The monoisotopic (exact) mass is 957 g/mol. The van der Waals surface area contributed by atoms with E-state index < -0.39 is 8.07 Å². The van der Waals surface area contributed by atoms with Gasteiger partial charge in [0.15, 0.2) is 0 Å². The molecule has 3 heterocycles. The molecule has 1 aliphatic rings. The third-order valence-corrected chi connectivity index (χ3v) is 15.2. The first-order chi connectivity index (χ1) is 27.0. The Balaban J connectivity index is 0.000000183. The number of aromatic nitrogens is 2. The number of fused-ring (bicyclic) bond motifs is 4. The van der Waals surface area contributed by atoms with Gasteiger partial charge in [-0.05, 0) is 85.6 Å².